The molecule has 0 bridgehead atoms. The van der Waals surface area contributed by atoms with Crippen molar-refractivity contribution in [1.82, 2.24) is 19.4 Å². The molecule has 0 aliphatic carbocycles. The lowest BCUT2D eigenvalue weighted by atomic mass is 10.1. The number of hydrogen-bond acceptors (Lipinski definition) is 5. The quantitative estimate of drug-likeness (QED) is 0.547. The summed E-state index contributed by atoms with van der Waals surface area (Å²) < 4.78 is 2.13. The summed E-state index contributed by atoms with van der Waals surface area (Å²) in [5, 5.41) is 3.36. The lowest BCUT2D eigenvalue weighted by molar-refractivity contribution is 0.266. The maximum atomic E-state index is 6.13. The van der Waals surface area contributed by atoms with Gasteiger partial charge in [0.15, 0.2) is 5.82 Å². The van der Waals surface area contributed by atoms with Crippen LogP contribution in [0.25, 0.3) is 11.0 Å². The Bertz CT molecular complexity index is 897. The summed E-state index contributed by atoms with van der Waals surface area (Å²) in [6.45, 7) is 9.22. The zero-order valence-corrected chi connectivity index (χ0v) is 17.4. The van der Waals surface area contributed by atoms with Crippen LogP contribution in [0.15, 0.2) is 36.7 Å². The van der Waals surface area contributed by atoms with Crippen molar-refractivity contribution < 1.29 is 0 Å². The van der Waals surface area contributed by atoms with Crippen molar-refractivity contribution in [3.63, 3.8) is 0 Å². The molecule has 0 aliphatic rings. The molecule has 0 saturated heterocycles. The van der Waals surface area contributed by atoms with Crippen molar-refractivity contribution in [3.05, 3.63) is 47.8 Å². The summed E-state index contributed by atoms with van der Waals surface area (Å²) in [6.07, 6.45) is 4.10. The number of benzene rings is 1. The highest BCUT2D eigenvalue weighted by Crippen LogP contribution is 2.23. The van der Waals surface area contributed by atoms with E-state index in [1.165, 1.54) is 11.1 Å². The molecule has 6 heteroatoms. The number of pyridine rings is 1. The van der Waals surface area contributed by atoms with Crippen LogP contribution in [0.3, 0.4) is 0 Å². The SMILES string of the molecule is CCCCNc1cc2c(ncn2Cc2ccc(CN(C)C(C)C)cc2)c(N)n1. The number of unbranched alkanes of at least 4 members (excludes halogenated alkanes) is 1. The molecule has 0 aliphatic heterocycles. The molecular formula is C22H32N6. The van der Waals surface area contributed by atoms with Gasteiger partial charge in [-0.15, -0.1) is 0 Å². The molecule has 0 spiro atoms. The van der Waals surface area contributed by atoms with Crippen LogP contribution in [0, 0.1) is 0 Å². The minimum Gasteiger partial charge on any atom is -0.382 e. The van der Waals surface area contributed by atoms with Crippen molar-refractivity contribution in [2.24, 2.45) is 0 Å². The van der Waals surface area contributed by atoms with E-state index in [1.54, 1.807) is 0 Å². The van der Waals surface area contributed by atoms with Crippen LogP contribution in [0.2, 0.25) is 0 Å². The van der Waals surface area contributed by atoms with Gasteiger partial charge in [-0.3, -0.25) is 4.90 Å². The van der Waals surface area contributed by atoms with Crippen molar-refractivity contribution in [2.45, 2.75) is 52.7 Å². The van der Waals surface area contributed by atoms with Gasteiger partial charge in [0.1, 0.15) is 11.3 Å². The fourth-order valence-corrected chi connectivity index (χ4v) is 3.11. The largest absolute Gasteiger partial charge is 0.382 e. The van der Waals surface area contributed by atoms with Crippen LogP contribution in [0.1, 0.15) is 44.7 Å². The molecule has 0 fully saturated rings. The Kier molecular flexibility index (Phi) is 6.52. The van der Waals surface area contributed by atoms with E-state index in [4.69, 9.17) is 5.73 Å². The highest BCUT2D eigenvalue weighted by Gasteiger charge is 2.10. The van der Waals surface area contributed by atoms with E-state index >= 15 is 0 Å². The number of imidazole rings is 1. The molecule has 3 aromatic rings. The van der Waals surface area contributed by atoms with Crippen LogP contribution in [0.4, 0.5) is 11.6 Å². The third-order valence-corrected chi connectivity index (χ3v) is 5.16. The minimum atomic E-state index is 0.474. The number of hydrogen-bond donors (Lipinski definition) is 2. The number of anilines is 2. The van der Waals surface area contributed by atoms with Gasteiger partial charge < -0.3 is 15.6 Å². The van der Waals surface area contributed by atoms with E-state index in [-0.39, 0.29) is 0 Å². The van der Waals surface area contributed by atoms with Gasteiger partial charge >= 0.3 is 0 Å². The summed E-state index contributed by atoms with van der Waals surface area (Å²) in [5.74, 6) is 1.29. The summed E-state index contributed by atoms with van der Waals surface area (Å²) in [5.41, 5.74) is 10.5. The van der Waals surface area contributed by atoms with Gasteiger partial charge in [-0.05, 0) is 38.4 Å². The normalized spacial score (nSPS) is 11.6. The maximum Gasteiger partial charge on any atom is 0.154 e. The van der Waals surface area contributed by atoms with Crippen molar-refractivity contribution in [2.75, 3.05) is 24.6 Å². The third-order valence-electron chi connectivity index (χ3n) is 5.16. The lowest BCUT2D eigenvalue weighted by Gasteiger charge is -2.21. The summed E-state index contributed by atoms with van der Waals surface area (Å²) in [7, 11) is 2.15. The summed E-state index contributed by atoms with van der Waals surface area (Å²) >= 11 is 0. The number of aromatic nitrogens is 3. The molecule has 150 valence electrons. The molecule has 0 radical (unpaired) electrons. The van der Waals surface area contributed by atoms with Crippen LogP contribution in [-0.4, -0.2) is 39.1 Å². The van der Waals surface area contributed by atoms with Crippen molar-refractivity contribution in [3.8, 4) is 0 Å². The Labute approximate surface area is 167 Å². The smallest absolute Gasteiger partial charge is 0.154 e. The number of nitrogens with zero attached hydrogens (tertiary/aromatic N) is 4. The molecule has 0 unspecified atom stereocenters. The third kappa shape index (κ3) is 4.81. The monoisotopic (exact) mass is 380 g/mol. The number of nitrogen functional groups attached to an aromatic ring is 1. The standard InChI is InChI=1S/C22H32N6/c1-5-6-11-24-20-12-19-21(22(23)26-20)25-15-28(19)14-18-9-7-17(8-10-18)13-27(4)16(2)3/h7-10,12,15-16H,5-6,11,13-14H2,1-4H3,(H3,23,24,26). The van der Waals surface area contributed by atoms with Crippen LogP contribution in [0.5, 0.6) is 0 Å². The van der Waals surface area contributed by atoms with Gasteiger partial charge in [-0.2, -0.15) is 0 Å². The Hall–Kier alpha value is -2.60. The maximum absolute atomic E-state index is 6.13. The summed E-state index contributed by atoms with van der Waals surface area (Å²) in [6, 6.07) is 11.4. The Balaban J connectivity index is 1.76. The number of nitrogens with one attached hydrogen (secondary N) is 1. The summed E-state index contributed by atoms with van der Waals surface area (Å²) in [4.78, 5) is 11.2. The van der Waals surface area contributed by atoms with E-state index in [0.717, 1.165) is 49.3 Å². The molecule has 0 amide bonds. The van der Waals surface area contributed by atoms with Crippen molar-refractivity contribution >= 4 is 22.7 Å². The van der Waals surface area contributed by atoms with Crippen LogP contribution in [-0.2, 0) is 13.1 Å². The molecule has 28 heavy (non-hydrogen) atoms. The fraction of sp³-hybridized carbons (Fsp3) is 0.455. The molecule has 0 saturated carbocycles. The Morgan fingerprint density at radius 2 is 1.89 bits per heavy atom. The molecule has 0 atom stereocenters. The first kappa shape index (κ1) is 20.1. The van der Waals surface area contributed by atoms with Gasteiger partial charge in [0.05, 0.1) is 11.8 Å². The predicted octanol–water partition coefficient (Wildman–Crippen LogP) is 4.11. The van der Waals surface area contributed by atoms with E-state index in [0.29, 0.717) is 11.9 Å². The van der Waals surface area contributed by atoms with E-state index in [9.17, 15) is 0 Å². The first-order valence-corrected chi connectivity index (χ1v) is 10.1. The molecule has 3 N–H and O–H groups in total. The topological polar surface area (TPSA) is 72.0 Å². The first-order valence-electron chi connectivity index (χ1n) is 10.1. The van der Waals surface area contributed by atoms with Gasteiger partial charge in [0.25, 0.3) is 0 Å². The highest BCUT2D eigenvalue weighted by atomic mass is 15.1. The van der Waals surface area contributed by atoms with Crippen LogP contribution >= 0.6 is 0 Å². The number of nitrogens with two attached hydrogens (primary N) is 1. The van der Waals surface area contributed by atoms with Gasteiger partial charge in [-0.25, -0.2) is 9.97 Å². The second-order valence-electron chi connectivity index (χ2n) is 7.74. The van der Waals surface area contributed by atoms with Crippen LogP contribution < -0.4 is 11.1 Å². The molecular weight excluding hydrogens is 348 g/mol. The number of rotatable bonds is 9. The predicted molar refractivity (Wildman–Crippen MR) is 117 cm³/mol. The molecule has 6 nitrogen and oxygen atoms in total. The zero-order chi connectivity index (χ0) is 20.1. The van der Waals surface area contributed by atoms with Gasteiger partial charge in [0, 0.05) is 31.7 Å². The average Bonchev–Trinajstić information content (AvgIpc) is 3.07. The zero-order valence-electron chi connectivity index (χ0n) is 17.4. The Morgan fingerprint density at radius 3 is 2.57 bits per heavy atom. The lowest BCUT2D eigenvalue weighted by Crippen LogP contribution is -2.25. The van der Waals surface area contributed by atoms with Gasteiger partial charge in [-0.1, -0.05) is 37.6 Å². The fourth-order valence-electron chi connectivity index (χ4n) is 3.11. The second-order valence-corrected chi connectivity index (χ2v) is 7.74. The molecule has 2 aromatic heterocycles. The van der Waals surface area contributed by atoms with Crippen molar-refractivity contribution in [1.29, 1.82) is 0 Å². The molecule has 1 aromatic carbocycles. The number of fused-ring (bicyclic) bond motifs is 1. The second kappa shape index (κ2) is 9.06. The molecule has 3 rings (SSSR count). The average molecular weight is 381 g/mol. The first-order chi connectivity index (χ1) is 13.5. The molecule has 2 heterocycles. The Morgan fingerprint density at radius 1 is 1.18 bits per heavy atom. The van der Waals surface area contributed by atoms with E-state index in [1.807, 2.05) is 12.4 Å². The van der Waals surface area contributed by atoms with E-state index in [2.05, 4.69) is 76.8 Å². The minimum absolute atomic E-state index is 0.474. The van der Waals surface area contributed by atoms with Gasteiger partial charge in [0.2, 0.25) is 0 Å². The highest BCUT2D eigenvalue weighted by molar-refractivity contribution is 5.87. The van der Waals surface area contributed by atoms with E-state index < -0.39 is 0 Å².